The molecule has 0 radical (unpaired) electrons. The summed E-state index contributed by atoms with van der Waals surface area (Å²) in [5.41, 5.74) is 7.15. The van der Waals surface area contributed by atoms with Gasteiger partial charge < -0.3 is 10.5 Å². The number of rotatable bonds is 5. The fourth-order valence-electron chi connectivity index (χ4n) is 2.97. The van der Waals surface area contributed by atoms with E-state index in [1.165, 1.54) is 12.8 Å². The first-order valence-corrected chi connectivity index (χ1v) is 7.83. The molecule has 0 saturated carbocycles. The van der Waals surface area contributed by atoms with E-state index in [9.17, 15) is 4.79 Å². The van der Waals surface area contributed by atoms with Gasteiger partial charge in [-0.15, -0.1) is 0 Å². The number of hydrogen-bond acceptors (Lipinski definition) is 4. The number of ketones is 1. The Hall–Kier alpha value is -1.55. The molecule has 2 N–H and O–H groups in total. The maximum atomic E-state index is 12.6. The van der Waals surface area contributed by atoms with Gasteiger partial charge in [-0.05, 0) is 57.4 Å². The minimum Gasteiger partial charge on any atom is -0.492 e. The standard InChI is InChI=1S/C17H26N2O2/c1-4-21-16-8-7-14(10-15(16)18)17(20)13(3)19-9-5-6-12(2)11-19/h7-8,10,12-13H,4-6,9,11,18H2,1-3H3. The normalized spacial score (nSPS) is 21.0. The summed E-state index contributed by atoms with van der Waals surface area (Å²) < 4.78 is 5.42. The van der Waals surface area contributed by atoms with Crippen LogP contribution in [-0.4, -0.2) is 36.4 Å². The molecule has 1 heterocycles. The second-order valence-electron chi connectivity index (χ2n) is 5.97. The van der Waals surface area contributed by atoms with Crippen molar-refractivity contribution in [2.24, 2.45) is 5.92 Å². The van der Waals surface area contributed by atoms with Gasteiger partial charge in [-0.2, -0.15) is 0 Å². The van der Waals surface area contributed by atoms with Crippen molar-refractivity contribution in [3.05, 3.63) is 23.8 Å². The first-order valence-electron chi connectivity index (χ1n) is 7.83. The van der Waals surface area contributed by atoms with Crippen molar-refractivity contribution < 1.29 is 9.53 Å². The number of nitrogens with two attached hydrogens (primary N) is 1. The Kier molecular flexibility index (Phi) is 5.23. The van der Waals surface area contributed by atoms with Crippen LogP contribution in [0.1, 0.15) is 44.0 Å². The fraction of sp³-hybridized carbons (Fsp3) is 0.588. The summed E-state index contributed by atoms with van der Waals surface area (Å²) in [6.07, 6.45) is 2.43. The molecule has 0 bridgehead atoms. The molecule has 0 spiro atoms. The van der Waals surface area contributed by atoms with Gasteiger partial charge in [0.15, 0.2) is 5.78 Å². The lowest BCUT2D eigenvalue weighted by Crippen LogP contribution is -2.44. The van der Waals surface area contributed by atoms with Crippen LogP contribution < -0.4 is 10.5 Å². The molecule has 21 heavy (non-hydrogen) atoms. The molecular formula is C17H26N2O2. The predicted octanol–water partition coefficient (Wildman–Crippen LogP) is 2.97. The van der Waals surface area contributed by atoms with Crippen molar-refractivity contribution in [2.75, 3.05) is 25.4 Å². The van der Waals surface area contributed by atoms with Gasteiger partial charge in [0, 0.05) is 12.1 Å². The van der Waals surface area contributed by atoms with E-state index >= 15 is 0 Å². The van der Waals surface area contributed by atoms with Crippen molar-refractivity contribution in [2.45, 2.75) is 39.7 Å². The lowest BCUT2D eigenvalue weighted by atomic mass is 9.96. The van der Waals surface area contributed by atoms with E-state index in [-0.39, 0.29) is 11.8 Å². The number of nitrogen functional groups attached to an aromatic ring is 1. The number of ether oxygens (including phenoxy) is 1. The summed E-state index contributed by atoms with van der Waals surface area (Å²) in [6, 6.07) is 5.24. The van der Waals surface area contributed by atoms with Crippen molar-refractivity contribution in [1.29, 1.82) is 0 Å². The second-order valence-corrected chi connectivity index (χ2v) is 5.97. The highest BCUT2D eigenvalue weighted by Gasteiger charge is 2.26. The number of nitrogens with zero attached hydrogens (tertiary/aromatic N) is 1. The highest BCUT2D eigenvalue weighted by Crippen LogP contribution is 2.25. The molecule has 0 amide bonds. The van der Waals surface area contributed by atoms with Crippen LogP contribution in [0.4, 0.5) is 5.69 Å². The fourth-order valence-corrected chi connectivity index (χ4v) is 2.97. The number of hydrogen-bond donors (Lipinski definition) is 1. The Labute approximate surface area is 127 Å². The van der Waals surface area contributed by atoms with E-state index in [2.05, 4.69) is 11.8 Å². The van der Waals surface area contributed by atoms with Gasteiger partial charge >= 0.3 is 0 Å². The molecule has 1 saturated heterocycles. The number of Topliss-reactive ketones (excluding diaryl/α,β-unsaturated/α-hetero) is 1. The van der Waals surface area contributed by atoms with Gasteiger partial charge in [0.2, 0.25) is 0 Å². The van der Waals surface area contributed by atoms with Crippen molar-refractivity contribution >= 4 is 11.5 Å². The minimum atomic E-state index is -0.0925. The maximum Gasteiger partial charge on any atom is 0.179 e. The molecule has 116 valence electrons. The Balaban J connectivity index is 2.10. The number of benzene rings is 1. The van der Waals surface area contributed by atoms with Crippen LogP contribution in [0.2, 0.25) is 0 Å². The molecule has 1 aromatic rings. The first kappa shape index (κ1) is 15.8. The van der Waals surface area contributed by atoms with Gasteiger partial charge in [-0.1, -0.05) is 6.92 Å². The highest BCUT2D eigenvalue weighted by atomic mass is 16.5. The van der Waals surface area contributed by atoms with Gasteiger partial charge in [0.05, 0.1) is 18.3 Å². The average molecular weight is 290 g/mol. The molecule has 0 aromatic heterocycles. The quantitative estimate of drug-likeness (QED) is 0.669. The van der Waals surface area contributed by atoms with E-state index in [1.807, 2.05) is 19.9 Å². The van der Waals surface area contributed by atoms with Gasteiger partial charge in [-0.3, -0.25) is 9.69 Å². The molecular weight excluding hydrogens is 264 g/mol. The SMILES string of the molecule is CCOc1ccc(C(=O)C(C)N2CCCC(C)C2)cc1N. The lowest BCUT2D eigenvalue weighted by Gasteiger charge is -2.34. The second kappa shape index (κ2) is 6.94. The van der Waals surface area contributed by atoms with Crippen molar-refractivity contribution in [3.8, 4) is 5.75 Å². The Bertz CT molecular complexity index is 502. The molecule has 4 heteroatoms. The largest absolute Gasteiger partial charge is 0.492 e. The first-order chi connectivity index (χ1) is 10.0. The van der Waals surface area contributed by atoms with Gasteiger partial charge in [0.1, 0.15) is 5.75 Å². The van der Waals surface area contributed by atoms with E-state index in [0.717, 1.165) is 13.1 Å². The van der Waals surface area contributed by atoms with Crippen LogP contribution in [0.25, 0.3) is 0 Å². The van der Waals surface area contributed by atoms with Gasteiger partial charge in [0.25, 0.3) is 0 Å². The van der Waals surface area contributed by atoms with E-state index < -0.39 is 0 Å². The summed E-state index contributed by atoms with van der Waals surface area (Å²) in [5, 5.41) is 0. The van der Waals surface area contributed by atoms with E-state index in [1.54, 1.807) is 12.1 Å². The minimum absolute atomic E-state index is 0.0925. The number of anilines is 1. The summed E-state index contributed by atoms with van der Waals surface area (Å²) in [4.78, 5) is 14.9. The van der Waals surface area contributed by atoms with Crippen LogP contribution in [0.3, 0.4) is 0 Å². The smallest absolute Gasteiger partial charge is 0.179 e. The molecule has 4 nitrogen and oxygen atoms in total. The summed E-state index contributed by atoms with van der Waals surface area (Å²) >= 11 is 0. The molecule has 0 aliphatic carbocycles. The monoisotopic (exact) mass is 290 g/mol. The molecule has 2 rings (SSSR count). The topological polar surface area (TPSA) is 55.6 Å². The maximum absolute atomic E-state index is 12.6. The average Bonchev–Trinajstić information content (AvgIpc) is 2.48. The summed E-state index contributed by atoms with van der Waals surface area (Å²) in [7, 11) is 0. The third kappa shape index (κ3) is 3.76. The molecule has 2 atom stereocenters. The van der Waals surface area contributed by atoms with Crippen molar-refractivity contribution in [3.63, 3.8) is 0 Å². The van der Waals surface area contributed by atoms with Crippen LogP contribution in [0.15, 0.2) is 18.2 Å². The zero-order valence-electron chi connectivity index (χ0n) is 13.3. The Morgan fingerprint density at radius 3 is 2.90 bits per heavy atom. The Morgan fingerprint density at radius 2 is 2.29 bits per heavy atom. The zero-order chi connectivity index (χ0) is 15.4. The molecule has 1 aromatic carbocycles. The van der Waals surface area contributed by atoms with E-state index in [4.69, 9.17) is 10.5 Å². The lowest BCUT2D eigenvalue weighted by molar-refractivity contribution is 0.0765. The van der Waals surface area contributed by atoms with Crippen LogP contribution in [0.5, 0.6) is 5.75 Å². The molecule has 1 fully saturated rings. The Morgan fingerprint density at radius 1 is 1.52 bits per heavy atom. The van der Waals surface area contributed by atoms with Crippen LogP contribution in [-0.2, 0) is 0 Å². The number of carbonyl (C=O) groups is 1. The molecule has 1 aliphatic heterocycles. The molecule has 2 unspecified atom stereocenters. The highest BCUT2D eigenvalue weighted by molar-refractivity contribution is 6.00. The predicted molar refractivity (Wildman–Crippen MR) is 85.8 cm³/mol. The van der Waals surface area contributed by atoms with Gasteiger partial charge in [-0.25, -0.2) is 0 Å². The third-order valence-corrected chi connectivity index (χ3v) is 4.21. The van der Waals surface area contributed by atoms with Crippen LogP contribution in [0, 0.1) is 5.92 Å². The third-order valence-electron chi connectivity index (χ3n) is 4.21. The molecule has 1 aliphatic rings. The number of carbonyl (C=O) groups excluding carboxylic acids is 1. The van der Waals surface area contributed by atoms with Crippen LogP contribution >= 0.6 is 0 Å². The van der Waals surface area contributed by atoms with E-state index in [0.29, 0.717) is 29.5 Å². The summed E-state index contributed by atoms with van der Waals surface area (Å²) in [5.74, 6) is 1.45. The zero-order valence-corrected chi connectivity index (χ0v) is 13.3. The number of likely N-dealkylation sites (tertiary alicyclic amines) is 1. The summed E-state index contributed by atoms with van der Waals surface area (Å²) in [6.45, 7) is 8.73. The van der Waals surface area contributed by atoms with Crippen molar-refractivity contribution in [1.82, 2.24) is 4.90 Å². The number of piperidine rings is 1.